The minimum atomic E-state index is -3.68. The van der Waals surface area contributed by atoms with Crippen molar-refractivity contribution >= 4 is 44.8 Å². The lowest BCUT2D eigenvalue weighted by molar-refractivity contribution is -1.00. The first-order valence-electron chi connectivity index (χ1n) is 7.59. The summed E-state index contributed by atoms with van der Waals surface area (Å²) in [5, 5.41) is 0.247. The van der Waals surface area contributed by atoms with Crippen molar-refractivity contribution in [1.82, 2.24) is 4.72 Å². The molecule has 0 saturated carbocycles. The van der Waals surface area contributed by atoms with Gasteiger partial charge >= 0.3 is 0 Å². The highest BCUT2D eigenvalue weighted by molar-refractivity contribution is 7.89. The van der Waals surface area contributed by atoms with E-state index in [1.165, 1.54) is 30.1 Å². The van der Waals surface area contributed by atoms with Crippen LogP contribution in [0, 0.1) is 0 Å². The molecule has 1 fully saturated rings. The van der Waals surface area contributed by atoms with Crippen LogP contribution in [0.25, 0.3) is 0 Å². The zero-order chi connectivity index (χ0) is 17.0. The maximum atomic E-state index is 12.3. The highest BCUT2D eigenvalue weighted by atomic mass is 35.5. The van der Waals surface area contributed by atoms with Crippen LogP contribution in [-0.4, -0.2) is 54.7 Å². The van der Waals surface area contributed by atoms with Crippen molar-refractivity contribution in [1.29, 1.82) is 0 Å². The largest absolute Gasteiger partial charge is 1.00 e. The lowest BCUT2D eigenvalue weighted by Crippen LogP contribution is -3.27. The highest BCUT2D eigenvalue weighted by Crippen LogP contribution is 2.34. The van der Waals surface area contributed by atoms with Crippen molar-refractivity contribution in [3.8, 4) is 0 Å². The van der Waals surface area contributed by atoms with Gasteiger partial charge in [-0.15, -0.1) is 0 Å². The van der Waals surface area contributed by atoms with Crippen LogP contribution in [-0.2, 0) is 10.0 Å². The second-order valence-corrected chi connectivity index (χ2v) is 8.78. The van der Waals surface area contributed by atoms with E-state index in [1.54, 1.807) is 4.90 Å². The predicted molar refractivity (Wildman–Crippen MR) is 93.5 cm³/mol. The number of piperazine rings is 1. The van der Waals surface area contributed by atoms with Crippen molar-refractivity contribution < 1.29 is 43.0 Å². The van der Waals surface area contributed by atoms with E-state index >= 15 is 0 Å². The van der Waals surface area contributed by atoms with E-state index in [4.69, 9.17) is 34.8 Å². The summed E-state index contributed by atoms with van der Waals surface area (Å²) in [6.07, 6.45) is 0.784. The van der Waals surface area contributed by atoms with Gasteiger partial charge in [-0.1, -0.05) is 34.8 Å². The van der Waals surface area contributed by atoms with Crippen molar-refractivity contribution in [3.05, 3.63) is 27.2 Å². The van der Waals surface area contributed by atoms with E-state index in [2.05, 4.69) is 11.8 Å². The van der Waals surface area contributed by atoms with Crippen LogP contribution in [0.3, 0.4) is 0 Å². The molecule has 0 aromatic heterocycles. The molecular formula is C14H22Cl5N3O2S. The molecule has 146 valence electrons. The average molecular weight is 474 g/mol. The fourth-order valence-electron chi connectivity index (χ4n) is 2.62. The van der Waals surface area contributed by atoms with Gasteiger partial charge in [0.2, 0.25) is 10.0 Å². The fraction of sp³-hybridized carbons (Fsp3) is 0.571. The average Bonchev–Trinajstić information content (AvgIpc) is 2.51. The Kier molecular flexibility index (Phi) is 11.6. The number of likely N-dealkylation sites (N-methyl/N-ethyl adjacent to an activating group) is 1. The van der Waals surface area contributed by atoms with Crippen molar-refractivity contribution in [2.24, 2.45) is 0 Å². The molecule has 0 bridgehead atoms. The molecule has 0 atom stereocenters. The van der Waals surface area contributed by atoms with Gasteiger partial charge in [0, 0.05) is 13.0 Å². The van der Waals surface area contributed by atoms with Gasteiger partial charge in [0.05, 0.1) is 28.7 Å². The van der Waals surface area contributed by atoms with Crippen molar-refractivity contribution in [2.45, 2.75) is 11.3 Å². The molecule has 0 radical (unpaired) electrons. The standard InChI is InChI=1S/C14H20Cl3N3O2S.2ClH/c1-19-7-9-20(10-8-19)6-2-5-18-23(21,22)12-4-3-11(15)13(16)14(12)17;;/h3-4,18H,2,5-10H2,1H3;2*1H. The van der Waals surface area contributed by atoms with Crippen LogP contribution in [0.2, 0.25) is 15.1 Å². The zero-order valence-electron chi connectivity index (χ0n) is 13.7. The first kappa shape index (κ1) is 25.5. The Hall–Kier alpha value is 0.500. The molecular weight excluding hydrogens is 452 g/mol. The zero-order valence-corrected chi connectivity index (χ0v) is 18.3. The molecule has 0 aliphatic carbocycles. The molecule has 1 saturated heterocycles. The minimum Gasteiger partial charge on any atom is -1.00 e. The van der Waals surface area contributed by atoms with Gasteiger partial charge < -0.3 is 34.6 Å². The van der Waals surface area contributed by atoms with Gasteiger partial charge in [0.25, 0.3) is 0 Å². The summed E-state index contributed by atoms with van der Waals surface area (Å²) in [5.41, 5.74) is 0. The molecule has 1 aromatic carbocycles. The normalized spacial score (nSPS) is 20.5. The number of hydrogen-bond acceptors (Lipinski definition) is 2. The summed E-state index contributed by atoms with van der Waals surface area (Å²) in [7, 11) is -1.48. The third-order valence-electron chi connectivity index (χ3n) is 4.10. The molecule has 2 rings (SSSR count). The summed E-state index contributed by atoms with van der Waals surface area (Å²) in [4.78, 5) is 3.05. The fourth-order valence-corrected chi connectivity index (χ4v) is 4.67. The van der Waals surface area contributed by atoms with Crippen LogP contribution in [0.4, 0.5) is 0 Å². The summed E-state index contributed by atoms with van der Waals surface area (Å²) in [6, 6.07) is 2.80. The second-order valence-electron chi connectivity index (χ2n) is 5.88. The van der Waals surface area contributed by atoms with Crippen LogP contribution >= 0.6 is 34.8 Å². The highest BCUT2D eigenvalue weighted by Gasteiger charge is 2.22. The smallest absolute Gasteiger partial charge is 0.242 e. The number of nitrogens with one attached hydrogen (secondary N) is 3. The number of benzene rings is 1. The lowest BCUT2D eigenvalue weighted by Gasteiger charge is -2.27. The molecule has 1 aliphatic rings. The van der Waals surface area contributed by atoms with Crippen molar-refractivity contribution in [2.75, 3.05) is 46.3 Å². The van der Waals surface area contributed by atoms with Gasteiger partial charge in [-0.2, -0.15) is 0 Å². The molecule has 1 heterocycles. The van der Waals surface area contributed by atoms with Gasteiger partial charge in [-0.3, -0.25) is 0 Å². The third-order valence-corrected chi connectivity index (χ3v) is 7.01. The Morgan fingerprint density at radius 2 is 1.64 bits per heavy atom. The SMILES string of the molecule is C[NH+]1CC[NH+](CCCNS(=O)(=O)c2ccc(Cl)c(Cl)c2Cl)CC1.[Cl-].[Cl-]. The first-order chi connectivity index (χ1) is 10.8. The quantitative estimate of drug-likeness (QED) is 0.285. The van der Waals surface area contributed by atoms with Gasteiger partial charge in [0.15, 0.2) is 0 Å². The number of sulfonamides is 1. The molecule has 0 spiro atoms. The lowest BCUT2D eigenvalue weighted by atomic mass is 10.3. The molecule has 1 aromatic rings. The number of hydrogen-bond donors (Lipinski definition) is 3. The third kappa shape index (κ3) is 7.20. The Labute approximate surface area is 176 Å². The topological polar surface area (TPSA) is 55.1 Å². The molecule has 11 heteroatoms. The van der Waals surface area contributed by atoms with Crippen molar-refractivity contribution in [3.63, 3.8) is 0 Å². The second kappa shape index (κ2) is 11.4. The molecule has 5 nitrogen and oxygen atoms in total. The maximum Gasteiger partial charge on any atom is 0.242 e. The van der Waals surface area contributed by atoms with E-state index < -0.39 is 10.0 Å². The van der Waals surface area contributed by atoms with Crippen LogP contribution in [0.1, 0.15) is 6.42 Å². The number of halogens is 5. The van der Waals surface area contributed by atoms with Crippen LogP contribution in [0.15, 0.2) is 17.0 Å². The molecule has 0 unspecified atom stereocenters. The summed E-state index contributed by atoms with van der Waals surface area (Å²) < 4.78 is 27.2. The van der Waals surface area contributed by atoms with E-state index in [-0.39, 0.29) is 44.8 Å². The maximum absolute atomic E-state index is 12.3. The Bertz CT molecular complexity index is 652. The van der Waals surface area contributed by atoms with Crippen LogP contribution in [0.5, 0.6) is 0 Å². The Morgan fingerprint density at radius 3 is 2.24 bits per heavy atom. The minimum absolute atomic E-state index is 0. The monoisotopic (exact) mass is 471 g/mol. The molecule has 25 heavy (non-hydrogen) atoms. The molecule has 0 amide bonds. The molecule has 3 N–H and O–H groups in total. The van der Waals surface area contributed by atoms with E-state index in [0.717, 1.165) is 26.1 Å². The van der Waals surface area contributed by atoms with Gasteiger partial charge in [-0.25, -0.2) is 13.1 Å². The summed E-state index contributed by atoms with van der Waals surface area (Å²) in [5.74, 6) is 0. The van der Waals surface area contributed by atoms with Crippen LogP contribution < -0.4 is 39.3 Å². The van der Waals surface area contributed by atoms with E-state index in [1.807, 2.05) is 0 Å². The first-order valence-corrected chi connectivity index (χ1v) is 10.2. The predicted octanol–water partition coefficient (Wildman–Crippen LogP) is -6.26. The number of rotatable bonds is 6. The van der Waals surface area contributed by atoms with Gasteiger partial charge in [-0.05, 0) is 12.1 Å². The van der Waals surface area contributed by atoms with E-state index in [0.29, 0.717) is 6.54 Å². The Balaban J connectivity index is 0.00000288. The van der Waals surface area contributed by atoms with E-state index in [9.17, 15) is 8.42 Å². The summed E-state index contributed by atoms with van der Waals surface area (Å²) >= 11 is 17.7. The summed E-state index contributed by atoms with van der Waals surface area (Å²) in [6.45, 7) is 5.95. The Morgan fingerprint density at radius 1 is 1.04 bits per heavy atom. The van der Waals surface area contributed by atoms with Gasteiger partial charge in [0.1, 0.15) is 31.1 Å². The number of quaternary nitrogens is 2. The molecule has 1 aliphatic heterocycles.